The number of pyridine rings is 1. The number of nitrogen functional groups attached to an aromatic ring is 1. The number of nitrogens with one attached hydrogen (secondary N) is 1. The van der Waals surface area contributed by atoms with Crippen molar-refractivity contribution >= 4 is 11.5 Å². The van der Waals surface area contributed by atoms with Crippen molar-refractivity contribution < 1.29 is 4.74 Å². The van der Waals surface area contributed by atoms with Crippen LogP contribution in [-0.4, -0.2) is 24.7 Å². The number of hydrogen-bond acceptors (Lipinski definition) is 4. The number of aromatic nitrogens is 1. The van der Waals surface area contributed by atoms with E-state index in [-0.39, 0.29) is 0 Å². The highest BCUT2D eigenvalue weighted by Gasteiger charge is 2.01. The van der Waals surface area contributed by atoms with Gasteiger partial charge in [0.25, 0.3) is 0 Å². The average Bonchev–Trinajstić information content (AvgIpc) is 2.28. The van der Waals surface area contributed by atoms with E-state index in [2.05, 4.69) is 24.1 Å². The first-order chi connectivity index (χ1) is 8.11. The molecule has 1 aromatic heterocycles. The van der Waals surface area contributed by atoms with Gasteiger partial charge < -0.3 is 15.8 Å². The van der Waals surface area contributed by atoms with Crippen molar-refractivity contribution in [2.24, 2.45) is 5.92 Å². The standard InChI is InChI=1S/C13H23N3O/c1-10(2)9-17-8-4-6-15-13-12(14)11(3)5-7-16-13/h5,7,10H,4,6,8-9,14H2,1-3H3,(H,15,16). The average molecular weight is 237 g/mol. The van der Waals surface area contributed by atoms with Gasteiger partial charge in [0.2, 0.25) is 0 Å². The number of nitrogens with two attached hydrogens (primary N) is 1. The van der Waals surface area contributed by atoms with Crippen molar-refractivity contribution in [1.29, 1.82) is 0 Å². The highest BCUT2D eigenvalue weighted by molar-refractivity contribution is 5.64. The van der Waals surface area contributed by atoms with Gasteiger partial charge in [0.05, 0.1) is 5.69 Å². The van der Waals surface area contributed by atoms with Crippen LogP contribution in [0.4, 0.5) is 11.5 Å². The molecular weight excluding hydrogens is 214 g/mol. The molecule has 0 radical (unpaired) electrons. The third kappa shape index (κ3) is 5.04. The Morgan fingerprint density at radius 3 is 2.94 bits per heavy atom. The minimum absolute atomic E-state index is 0.594. The zero-order valence-corrected chi connectivity index (χ0v) is 11.0. The molecule has 3 N–H and O–H groups in total. The Morgan fingerprint density at radius 1 is 1.47 bits per heavy atom. The van der Waals surface area contributed by atoms with E-state index < -0.39 is 0 Å². The van der Waals surface area contributed by atoms with Crippen LogP contribution in [0.3, 0.4) is 0 Å². The highest BCUT2D eigenvalue weighted by Crippen LogP contribution is 2.18. The summed E-state index contributed by atoms with van der Waals surface area (Å²) in [6.45, 7) is 8.71. The summed E-state index contributed by atoms with van der Waals surface area (Å²) in [6.07, 6.45) is 2.73. The maximum absolute atomic E-state index is 5.91. The maximum atomic E-state index is 5.91. The number of anilines is 2. The summed E-state index contributed by atoms with van der Waals surface area (Å²) in [6, 6.07) is 1.91. The third-order valence-corrected chi connectivity index (χ3v) is 2.42. The van der Waals surface area contributed by atoms with E-state index in [4.69, 9.17) is 10.5 Å². The van der Waals surface area contributed by atoms with E-state index in [1.54, 1.807) is 6.20 Å². The summed E-state index contributed by atoms with van der Waals surface area (Å²) in [5, 5.41) is 3.23. The Kier molecular flexibility index (Phi) is 5.77. The van der Waals surface area contributed by atoms with Crippen LogP contribution in [0.25, 0.3) is 0 Å². The molecule has 1 aromatic rings. The van der Waals surface area contributed by atoms with Gasteiger partial charge in [-0.1, -0.05) is 13.8 Å². The molecule has 0 aliphatic rings. The second-order valence-electron chi connectivity index (χ2n) is 4.64. The van der Waals surface area contributed by atoms with Crippen LogP contribution in [0, 0.1) is 12.8 Å². The molecule has 0 spiro atoms. The number of ether oxygens (including phenoxy) is 1. The van der Waals surface area contributed by atoms with E-state index >= 15 is 0 Å². The first kappa shape index (κ1) is 13.8. The quantitative estimate of drug-likeness (QED) is 0.715. The van der Waals surface area contributed by atoms with E-state index in [1.807, 2.05) is 13.0 Å². The zero-order chi connectivity index (χ0) is 12.7. The molecule has 1 rings (SSSR count). The van der Waals surface area contributed by atoms with E-state index in [0.717, 1.165) is 43.2 Å². The molecule has 0 aliphatic carbocycles. The molecule has 4 nitrogen and oxygen atoms in total. The Morgan fingerprint density at radius 2 is 2.24 bits per heavy atom. The first-order valence-corrected chi connectivity index (χ1v) is 6.14. The Labute approximate surface area is 104 Å². The van der Waals surface area contributed by atoms with Gasteiger partial charge in [-0.25, -0.2) is 4.98 Å². The van der Waals surface area contributed by atoms with Crippen molar-refractivity contribution in [1.82, 2.24) is 4.98 Å². The summed E-state index contributed by atoms with van der Waals surface area (Å²) in [5.74, 6) is 1.37. The first-order valence-electron chi connectivity index (χ1n) is 6.14. The number of aryl methyl sites for hydroxylation is 1. The van der Waals surface area contributed by atoms with Crippen molar-refractivity contribution in [2.45, 2.75) is 27.2 Å². The van der Waals surface area contributed by atoms with Gasteiger partial charge in [-0.05, 0) is 30.9 Å². The molecule has 0 saturated heterocycles. The monoisotopic (exact) mass is 237 g/mol. The molecule has 0 bridgehead atoms. The van der Waals surface area contributed by atoms with Crippen molar-refractivity contribution in [3.05, 3.63) is 17.8 Å². The smallest absolute Gasteiger partial charge is 0.149 e. The van der Waals surface area contributed by atoms with Crippen LogP contribution in [0.2, 0.25) is 0 Å². The molecule has 0 aliphatic heterocycles. The van der Waals surface area contributed by atoms with E-state index in [0.29, 0.717) is 5.92 Å². The molecule has 1 heterocycles. The molecule has 17 heavy (non-hydrogen) atoms. The summed E-state index contributed by atoms with van der Waals surface area (Å²) < 4.78 is 5.50. The van der Waals surface area contributed by atoms with Crippen LogP contribution < -0.4 is 11.1 Å². The fourth-order valence-corrected chi connectivity index (χ4v) is 1.41. The van der Waals surface area contributed by atoms with Gasteiger partial charge in [0.1, 0.15) is 5.82 Å². The van der Waals surface area contributed by atoms with Crippen molar-refractivity contribution in [2.75, 3.05) is 30.8 Å². The minimum atomic E-state index is 0.594. The highest BCUT2D eigenvalue weighted by atomic mass is 16.5. The second kappa shape index (κ2) is 7.12. The molecule has 0 saturated carbocycles. The Bertz CT molecular complexity index is 339. The predicted molar refractivity (Wildman–Crippen MR) is 72.2 cm³/mol. The van der Waals surface area contributed by atoms with Crippen LogP contribution in [-0.2, 0) is 4.74 Å². The molecular formula is C13H23N3O. The minimum Gasteiger partial charge on any atom is -0.396 e. The molecule has 0 amide bonds. The largest absolute Gasteiger partial charge is 0.396 e. The van der Waals surface area contributed by atoms with Gasteiger partial charge in [-0.3, -0.25) is 0 Å². The van der Waals surface area contributed by atoms with Crippen LogP contribution in [0.5, 0.6) is 0 Å². The van der Waals surface area contributed by atoms with E-state index in [1.165, 1.54) is 0 Å². The van der Waals surface area contributed by atoms with E-state index in [9.17, 15) is 0 Å². The fourth-order valence-electron chi connectivity index (χ4n) is 1.41. The maximum Gasteiger partial charge on any atom is 0.149 e. The predicted octanol–water partition coefficient (Wildman–Crippen LogP) is 2.45. The Balaban J connectivity index is 2.20. The molecule has 4 heteroatoms. The number of nitrogens with zero attached hydrogens (tertiary/aromatic N) is 1. The summed E-state index contributed by atoms with van der Waals surface area (Å²) >= 11 is 0. The summed E-state index contributed by atoms with van der Waals surface area (Å²) in [4.78, 5) is 4.21. The topological polar surface area (TPSA) is 60.2 Å². The molecule has 96 valence electrons. The fraction of sp³-hybridized carbons (Fsp3) is 0.615. The van der Waals surface area contributed by atoms with Gasteiger partial charge >= 0.3 is 0 Å². The SMILES string of the molecule is Cc1ccnc(NCCCOCC(C)C)c1N. The van der Waals surface area contributed by atoms with Gasteiger partial charge in [0, 0.05) is 26.0 Å². The van der Waals surface area contributed by atoms with Crippen LogP contribution in [0.1, 0.15) is 25.8 Å². The molecule has 0 unspecified atom stereocenters. The van der Waals surface area contributed by atoms with Crippen molar-refractivity contribution in [3.8, 4) is 0 Å². The molecule has 0 fully saturated rings. The van der Waals surface area contributed by atoms with Gasteiger partial charge in [-0.2, -0.15) is 0 Å². The number of rotatable bonds is 7. The normalized spacial score (nSPS) is 10.8. The number of hydrogen-bond donors (Lipinski definition) is 2. The van der Waals surface area contributed by atoms with Gasteiger partial charge in [0.15, 0.2) is 0 Å². The zero-order valence-electron chi connectivity index (χ0n) is 11.0. The third-order valence-electron chi connectivity index (χ3n) is 2.42. The van der Waals surface area contributed by atoms with Crippen molar-refractivity contribution in [3.63, 3.8) is 0 Å². The lowest BCUT2D eigenvalue weighted by molar-refractivity contribution is 0.110. The Hall–Kier alpha value is -1.29. The summed E-state index contributed by atoms with van der Waals surface area (Å²) in [5.41, 5.74) is 7.69. The second-order valence-corrected chi connectivity index (χ2v) is 4.64. The molecule has 0 atom stereocenters. The molecule has 0 aromatic carbocycles. The summed E-state index contributed by atoms with van der Waals surface area (Å²) in [7, 11) is 0. The van der Waals surface area contributed by atoms with Gasteiger partial charge in [-0.15, -0.1) is 0 Å². The lowest BCUT2D eigenvalue weighted by Gasteiger charge is -2.10. The lowest BCUT2D eigenvalue weighted by atomic mass is 10.2. The van der Waals surface area contributed by atoms with Crippen LogP contribution >= 0.6 is 0 Å². The lowest BCUT2D eigenvalue weighted by Crippen LogP contribution is -2.10. The van der Waals surface area contributed by atoms with Crippen LogP contribution in [0.15, 0.2) is 12.3 Å².